The molecular formula is C16H36GeN2. The van der Waals surface area contributed by atoms with Gasteiger partial charge in [-0.15, -0.1) is 0 Å². The van der Waals surface area contributed by atoms with Gasteiger partial charge in [0.1, 0.15) is 0 Å². The quantitative estimate of drug-likeness (QED) is 0.696. The van der Waals surface area contributed by atoms with Crippen LogP contribution in [0.4, 0.5) is 0 Å². The van der Waals surface area contributed by atoms with Crippen LogP contribution in [0.25, 0.3) is 0 Å². The van der Waals surface area contributed by atoms with E-state index in [4.69, 9.17) is 0 Å². The molecule has 0 unspecified atom stereocenters. The molecule has 0 heterocycles. The van der Waals surface area contributed by atoms with Gasteiger partial charge in [-0.3, -0.25) is 0 Å². The Hall–Kier alpha value is 0.463. The normalized spacial score (nSPS) is 15.5. The topological polar surface area (TPSA) is 6.48 Å². The maximum atomic E-state index is 2.72. The Bertz CT molecular complexity index is 226. The van der Waals surface area contributed by atoms with Crippen LogP contribution in [0.2, 0.25) is 0 Å². The Morgan fingerprint density at radius 3 is 0.684 bits per heavy atom. The summed E-state index contributed by atoms with van der Waals surface area (Å²) in [5, 5.41) is 0. The Morgan fingerprint density at radius 2 is 0.579 bits per heavy atom. The molecule has 0 aromatic rings. The fourth-order valence-corrected chi connectivity index (χ4v) is 5.65. The van der Waals surface area contributed by atoms with Crippen molar-refractivity contribution in [3.63, 3.8) is 0 Å². The first-order chi connectivity index (χ1) is 7.97. The summed E-state index contributed by atoms with van der Waals surface area (Å²) in [5.41, 5.74) is 0.861. The van der Waals surface area contributed by atoms with Gasteiger partial charge in [-0.1, -0.05) is 0 Å². The van der Waals surface area contributed by atoms with Crippen molar-refractivity contribution in [2.75, 3.05) is 0 Å². The predicted octanol–water partition coefficient (Wildman–Crippen LogP) is 4.32. The average Bonchev–Trinajstić information content (AvgIpc) is 1.91. The average molecular weight is 329 g/mol. The maximum absolute atomic E-state index is 2.72. The number of hydrogen-bond acceptors (Lipinski definition) is 2. The van der Waals surface area contributed by atoms with Gasteiger partial charge in [-0.05, 0) is 0 Å². The van der Waals surface area contributed by atoms with Gasteiger partial charge >= 0.3 is 129 Å². The van der Waals surface area contributed by atoms with Gasteiger partial charge in [0.15, 0.2) is 0 Å². The molecule has 0 aliphatic carbocycles. The van der Waals surface area contributed by atoms with Crippen LogP contribution in [0.1, 0.15) is 83.1 Å². The molecule has 2 radical (unpaired) electrons. The van der Waals surface area contributed by atoms with E-state index >= 15 is 0 Å². The monoisotopic (exact) mass is 330 g/mol. The molecule has 0 saturated carbocycles. The second-order valence-electron chi connectivity index (χ2n) is 9.45. The summed E-state index contributed by atoms with van der Waals surface area (Å²) in [6.45, 7) is 28.1. The van der Waals surface area contributed by atoms with Crippen molar-refractivity contribution in [2.24, 2.45) is 0 Å². The summed E-state index contributed by atoms with van der Waals surface area (Å²) in [6, 6.07) is 0. The van der Waals surface area contributed by atoms with Gasteiger partial charge in [0.05, 0.1) is 0 Å². The van der Waals surface area contributed by atoms with E-state index in [1.165, 1.54) is 0 Å². The summed E-state index contributed by atoms with van der Waals surface area (Å²) in [4.78, 5) is 0. The molecule has 0 spiro atoms. The molecule has 114 valence electrons. The molecule has 3 heteroatoms. The van der Waals surface area contributed by atoms with Crippen molar-refractivity contribution in [3.05, 3.63) is 0 Å². The fraction of sp³-hybridized carbons (Fsp3) is 1.00. The van der Waals surface area contributed by atoms with Gasteiger partial charge in [-0.25, -0.2) is 0 Å². The third-order valence-corrected chi connectivity index (χ3v) is 9.35. The minimum absolute atomic E-state index is 0.215. The molecule has 2 nitrogen and oxygen atoms in total. The van der Waals surface area contributed by atoms with Crippen LogP contribution in [0.3, 0.4) is 0 Å². The third kappa shape index (κ3) is 6.18. The zero-order chi connectivity index (χ0) is 15.9. The number of hydrogen-bond donors (Lipinski definition) is 0. The summed E-state index contributed by atoms with van der Waals surface area (Å²) < 4.78 is 5.44. The zero-order valence-corrected chi connectivity index (χ0v) is 17.5. The molecule has 0 atom stereocenters. The van der Waals surface area contributed by atoms with Crippen LogP contribution in [-0.4, -0.2) is 45.7 Å². The second kappa shape index (κ2) is 5.69. The Labute approximate surface area is 129 Å². The Kier molecular flexibility index (Phi) is 5.83. The molecular weight excluding hydrogens is 293 g/mol. The minimum atomic E-state index is -0.361. The standard InChI is InChI=1S/C16H36GeN2/c1-13(2,3)18(14(4,5)6)17-19(15(7,8)9)16(10,11)12/h1-12H3. The first-order valence-electron chi connectivity index (χ1n) is 7.34. The van der Waals surface area contributed by atoms with Gasteiger partial charge in [0, 0.05) is 0 Å². The third-order valence-electron chi connectivity index (χ3n) is 2.88. The molecule has 19 heavy (non-hydrogen) atoms. The van der Waals surface area contributed by atoms with Crippen LogP contribution < -0.4 is 0 Å². The first-order valence-corrected chi connectivity index (χ1v) is 9.22. The van der Waals surface area contributed by atoms with Crippen molar-refractivity contribution in [3.8, 4) is 0 Å². The molecule has 0 saturated heterocycles. The van der Waals surface area contributed by atoms with Crippen molar-refractivity contribution in [1.29, 1.82) is 0 Å². The van der Waals surface area contributed by atoms with E-state index in [1.54, 1.807) is 0 Å². The Balaban J connectivity index is 5.43. The zero-order valence-electron chi connectivity index (χ0n) is 15.4. The molecule has 0 amide bonds. The predicted molar refractivity (Wildman–Crippen MR) is 88.4 cm³/mol. The van der Waals surface area contributed by atoms with E-state index in [0.717, 1.165) is 0 Å². The summed E-state index contributed by atoms with van der Waals surface area (Å²) in [5.74, 6) is 0. The van der Waals surface area contributed by atoms with Crippen LogP contribution in [-0.2, 0) is 0 Å². The molecule has 0 fully saturated rings. The molecule has 0 aliphatic rings. The van der Waals surface area contributed by atoms with Crippen molar-refractivity contribution < 1.29 is 0 Å². The van der Waals surface area contributed by atoms with E-state index in [0.29, 0.717) is 0 Å². The van der Waals surface area contributed by atoms with Gasteiger partial charge in [-0.2, -0.15) is 0 Å². The van der Waals surface area contributed by atoms with Crippen molar-refractivity contribution in [2.45, 2.75) is 105 Å². The second-order valence-corrected chi connectivity index (χ2v) is 11.8. The molecule has 0 aromatic carbocycles. The molecule has 0 rings (SSSR count). The fourth-order valence-electron chi connectivity index (χ4n) is 2.71. The van der Waals surface area contributed by atoms with Crippen LogP contribution in [0.15, 0.2) is 0 Å². The van der Waals surface area contributed by atoms with Crippen molar-refractivity contribution >= 4 is 15.9 Å². The van der Waals surface area contributed by atoms with E-state index in [1.807, 2.05) is 0 Å². The molecule has 0 bridgehead atoms. The van der Waals surface area contributed by atoms with E-state index in [-0.39, 0.29) is 38.0 Å². The Morgan fingerprint density at radius 1 is 0.421 bits per heavy atom. The van der Waals surface area contributed by atoms with Crippen molar-refractivity contribution in [1.82, 2.24) is 7.71 Å². The number of nitrogens with zero attached hydrogens (tertiary/aromatic N) is 2. The van der Waals surface area contributed by atoms with Crippen LogP contribution >= 0.6 is 0 Å². The summed E-state index contributed by atoms with van der Waals surface area (Å²) in [6.07, 6.45) is 0. The van der Waals surface area contributed by atoms with E-state index in [2.05, 4.69) is 90.8 Å². The van der Waals surface area contributed by atoms with Crippen LogP contribution in [0, 0.1) is 0 Å². The summed E-state index contributed by atoms with van der Waals surface area (Å²) in [7, 11) is 0. The molecule has 0 N–H and O–H groups in total. The summed E-state index contributed by atoms with van der Waals surface area (Å²) >= 11 is -0.361. The van der Waals surface area contributed by atoms with Gasteiger partial charge in [0.25, 0.3) is 0 Å². The molecule has 0 aromatic heterocycles. The first kappa shape index (κ1) is 19.5. The van der Waals surface area contributed by atoms with Gasteiger partial charge in [0.2, 0.25) is 0 Å². The molecule has 0 aliphatic heterocycles. The SMILES string of the molecule is CC(C)(C)[N]([Ge][N](C(C)(C)C)C(C)(C)C)C(C)(C)C. The number of rotatable bonds is 2. The van der Waals surface area contributed by atoms with E-state index in [9.17, 15) is 0 Å². The van der Waals surface area contributed by atoms with Gasteiger partial charge < -0.3 is 0 Å². The van der Waals surface area contributed by atoms with Crippen LogP contribution in [0.5, 0.6) is 0 Å². The van der Waals surface area contributed by atoms with E-state index < -0.39 is 0 Å².